The third-order valence-electron chi connectivity index (χ3n) is 1.92. The standard InChI is InChI=1S/C9H11ClN2O2/c1-5(10)4-12-7(3)8(9(13)14)6(2)11-12/h1,4H2,2-3H3,(H,13,14). The van der Waals surface area contributed by atoms with Crippen molar-refractivity contribution in [3.05, 3.63) is 28.6 Å². The van der Waals surface area contributed by atoms with Crippen molar-refractivity contribution in [2.75, 3.05) is 0 Å². The Hall–Kier alpha value is -1.29. The highest BCUT2D eigenvalue weighted by atomic mass is 35.5. The van der Waals surface area contributed by atoms with Crippen molar-refractivity contribution in [2.45, 2.75) is 20.4 Å². The average Bonchev–Trinajstić information content (AvgIpc) is 2.25. The normalized spacial score (nSPS) is 10.2. The molecule has 0 aliphatic heterocycles. The lowest BCUT2D eigenvalue weighted by Crippen LogP contribution is -2.04. The number of carboxylic acids is 1. The van der Waals surface area contributed by atoms with Crippen LogP contribution in [0.5, 0.6) is 0 Å². The molecule has 0 aliphatic carbocycles. The molecule has 0 saturated heterocycles. The molecule has 1 rings (SSSR count). The van der Waals surface area contributed by atoms with E-state index in [0.29, 0.717) is 23.0 Å². The smallest absolute Gasteiger partial charge is 0.339 e. The van der Waals surface area contributed by atoms with E-state index in [1.54, 1.807) is 13.8 Å². The van der Waals surface area contributed by atoms with Crippen LogP contribution in [0.1, 0.15) is 21.7 Å². The van der Waals surface area contributed by atoms with Crippen LogP contribution < -0.4 is 0 Å². The molecule has 0 bridgehead atoms. The molecule has 4 nitrogen and oxygen atoms in total. The third-order valence-corrected chi connectivity index (χ3v) is 2.04. The zero-order valence-corrected chi connectivity index (χ0v) is 8.80. The molecule has 0 unspecified atom stereocenters. The molecule has 0 aliphatic rings. The Morgan fingerprint density at radius 3 is 2.57 bits per heavy atom. The van der Waals surface area contributed by atoms with Crippen molar-refractivity contribution in [1.82, 2.24) is 9.78 Å². The molecule has 76 valence electrons. The summed E-state index contributed by atoms with van der Waals surface area (Å²) in [6.45, 7) is 7.22. The molecule has 0 amide bonds. The van der Waals surface area contributed by atoms with Gasteiger partial charge < -0.3 is 5.11 Å². The van der Waals surface area contributed by atoms with Crippen LogP contribution in [0.25, 0.3) is 0 Å². The number of halogens is 1. The third kappa shape index (κ3) is 1.96. The minimum Gasteiger partial charge on any atom is -0.478 e. The average molecular weight is 215 g/mol. The van der Waals surface area contributed by atoms with Gasteiger partial charge in [-0.2, -0.15) is 5.10 Å². The van der Waals surface area contributed by atoms with Gasteiger partial charge in [0.25, 0.3) is 0 Å². The molecule has 0 aromatic carbocycles. The van der Waals surface area contributed by atoms with Crippen LogP contribution in [-0.4, -0.2) is 20.9 Å². The SMILES string of the molecule is C=C(Cl)Cn1nc(C)c(C(=O)O)c1C. The number of nitrogens with zero attached hydrogens (tertiary/aromatic N) is 2. The summed E-state index contributed by atoms with van der Waals surface area (Å²) in [6.07, 6.45) is 0. The fraction of sp³-hybridized carbons (Fsp3) is 0.333. The van der Waals surface area contributed by atoms with Gasteiger partial charge in [-0.3, -0.25) is 4.68 Å². The molecule has 0 spiro atoms. The summed E-state index contributed by atoms with van der Waals surface area (Å²) in [5.41, 5.74) is 1.33. The fourth-order valence-electron chi connectivity index (χ4n) is 1.32. The molecule has 1 heterocycles. The van der Waals surface area contributed by atoms with Crippen molar-refractivity contribution in [3.63, 3.8) is 0 Å². The molecule has 1 aromatic rings. The zero-order chi connectivity index (χ0) is 10.9. The maximum atomic E-state index is 10.8. The maximum Gasteiger partial charge on any atom is 0.339 e. The van der Waals surface area contributed by atoms with Gasteiger partial charge in [0.05, 0.1) is 17.9 Å². The lowest BCUT2D eigenvalue weighted by atomic mass is 10.2. The molecule has 0 saturated carbocycles. The Morgan fingerprint density at radius 2 is 2.21 bits per heavy atom. The lowest BCUT2D eigenvalue weighted by Gasteiger charge is -2.01. The Bertz CT molecular complexity index is 396. The molecular weight excluding hydrogens is 204 g/mol. The summed E-state index contributed by atoms with van der Waals surface area (Å²) in [5.74, 6) is -0.966. The van der Waals surface area contributed by atoms with E-state index in [1.807, 2.05) is 0 Å². The van der Waals surface area contributed by atoms with Gasteiger partial charge in [0.1, 0.15) is 5.56 Å². The van der Waals surface area contributed by atoms with E-state index in [-0.39, 0.29) is 5.56 Å². The van der Waals surface area contributed by atoms with Crippen LogP contribution in [0.2, 0.25) is 0 Å². The molecule has 0 fully saturated rings. The van der Waals surface area contributed by atoms with E-state index >= 15 is 0 Å². The number of aromatic nitrogens is 2. The first-order chi connectivity index (χ1) is 6.43. The summed E-state index contributed by atoms with van der Waals surface area (Å²) in [5, 5.41) is 13.4. The van der Waals surface area contributed by atoms with Crippen molar-refractivity contribution in [2.24, 2.45) is 0 Å². The van der Waals surface area contributed by atoms with E-state index in [4.69, 9.17) is 16.7 Å². The monoisotopic (exact) mass is 214 g/mol. The quantitative estimate of drug-likeness (QED) is 0.837. The topological polar surface area (TPSA) is 55.1 Å². The second-order valence-electron chi connectivity index (χ2n) is 3.03. The van der Waals surface area contributed by atoms with Gasteiger partial charge in [-0.25, -0.2) is 4.79 Å². The minimum absolute atomic E-state index is 0.239. The van der Waals surface area contributed by atoms with E-state index in [1.165, 1.54) is 4.68 Å². The molecule has 1 aromatic heterocycles. The van der Waals surface area contributed by atoms with Gasteiger partial charge >= 0.3 is 5.97 Å². The van der Waals surface area contributed by atoms with Gasteiger partial charge in [-0.05, 0) is 13.8 Å². The summed E-state index contributed by atoms with van der Waals surface area (Å²) in [7, 11) is 0. The van der Waals surface area contributed by atoms with Crippen LogP contribution in [0, 0.1) is 13.8 Å². The van der Waals surface area contributed by atoms with Crippen LogP contribution in [-0.2, 0) is 6.54 Å². The Kier molecular flexibility index (Phi) is 2.96. The molecule has 0 radical (unpaired) electrons. The Labute approximate surface area is 86.8 Å². The highest BCUT2D eigenvalue weighted by molar-refractivity contribution is 6.29. The van der Waals surface area contributed by atoms with E-state index in [2.05, 4.69) is 11.7 Å². The number of hydrogen-bond acceptors (Lipinski definition) is 2. The molecule has 5 heteroatoms. The van der Waals surface area contributed by atoms with Crippen LogP contribution in [0.15, 0.2) is 11.6 Å². The minimum atomic E-state index is -0.966. The van der Waals surface area contributed by atoms with Crippen LogP contribution in [0.3, 0.4) is 0 Å². The molecule has 1 N–H and O–H groups in total. The predicted molar refractivity (Wildman–Crippen MR) is 53.7 cm³/mol. The van der Waals surface area contributed by atoms with E-state index in [0.717, 1.165) is 0 Å². The van der Waals surface area contributed by atoms with E-state index < -0.39 is 5.97 Å². The van der Waals surface area contributed by atoms with Gasteiger partial charge in [-0.15, -0.1) is 0 Å². The van der Waals surface area contributed by atoms with Crippen molar-refractivity contribution in [3.8, 4) is 0 Å². The zero-order valence-electron chi connectivity index (χ0n) is 8.04. The lowest BCUT2D eigenvalue weighted by molar-refractivity contribution is 0.0695. The van der Waals surface area contributed by atoms with Crippen molar-refractivity contribution < 1.29 is 9.90 Å². The number of aromatic carboxylic acids is 1. The second-order valence-corrected chi connectivity index (χ2v) is 3.56. The van der Waals surface area contributed by atoms with Gasteiger partial charge in [0, 0.05) is 5.03 Å². The van der Waals surface area contributed by atoms with E-state index in [9.17, 15) is 4.79 Å². The highest BCUT2D eigenvalue weighted by Gasteiger charge is 2.17. The summed E-state index contributed by atoms with van der Waals surface area (Å²) in [4.78, 5) is 10.8. The van der Waals surface area contributed by atoms with Gasteiger partial charge in [-0.1, -0.05) is 18.2 Å². The highest BCUT2D eigenvalue weighted by Crippen LogP contribution is 2.14. The number of carbonyl (C=O) groups is 1. The largest absolute Gasteiger partial charge is 0.478 e. The van der Waals surface area contributed by atoms with Crippen LogP contribution >= 0.6 is 11.6 Å². The molecular formula is C9H11ClN2O2. The first kappa shape index (κ1) is 10.8. The van der Waals surface area contributed by atoms with Gasteiger partial charge in [0.15, 0.2) is 0 Å². The second kappa shape index (κ2) is 3.84. The number of carboxylic acid groups (broad SMARTS) is 1. The fourth-order valence-corrected chi connectivity index (χ4v) is 1.44. The summed E-state index contributed by atoms with van der Waals surface area (Å²) < 4.78 is 1.54. The number of allylic oxidation sites excluding steroid dienone is 1. The maximum absolute atomic E-state index is 10.8. The molecule has 0 atom stereocenters. The first-order valence-corrected chi connectivity index (χ1v) is 4.42. The van der Waals surface area contributed by atoms with Gasteiger partial charge in [0.2, 0.25) is 0 Å². The number of aryl methyl sites for hydroxylation is 1. The van der Waals surface area contributed by atoms with Crippen molar-refractivity contribution >= 4 is 17.6 Å². The number of rotatable bonds is 3. The molecule has 14 heavy (non-hydrogen) atoms. The Balaban J connectivity index is 3.16. The van der Waals surface area contributed by atoms with Crippen LogP contribution in [0.4, 0.5) is 0 Å². The Morgan fingerprint density at radius 1 is 1.64 bits per heavy atom. The summed E-state index contributed by atoms with van der Waals surface area (Å²) >= 11 is 5.62. The predicted octanol–water partition coefficient (Wildman–Crippen LogP) is 1.95. The van der Waals surface area contributed by atoms with Crippen molar-refractivity contribution in [1.29, 1.82) is 0 Å². The summed E-state index contributed by atoms with van der Waals surface area (Å²) in [6, 6.07) is 0. The number of hydrogen-bond donors (Lipinski definition) is 1. The first-order valence-electron chi connectivity index (χ1n) is 4.04.